The number of hydrogen-bond donors (Lipinski definition) is 1. The van der Waals surface area contributed by atoms with Crippen molar-refractivity contribution in [1.82, 2.24) is 10.2 Å². The number of amides is 1. The Labute approximate surface area is 191 Å². The third kappa shape index (κ3) is 4.16. The summed E-state index contributed by atoms with van der Waals surface area (Å²) in [7, 11) is 0. The smallest absolute Gasteiger partial charge is 0.338 e. The molecule has 162 valence electrons. The number of thioether (sulfide) groups is 1. The molecule has 0 aliphatic carbocycles. The summed E-state index contributed by atoms with van der Waals surface area (Å²) in [5.41, 5.74) is 4.09. The molecule has 4 rings (SSSR count). The molecule has 1 aromatic carbocycles. The first-order valence-electron chi connectivity index (χ1n) is 10.4. The summed E-state index contributed by atoms with van der Waals surface area (Å²) in [6.07, 6.45) is 1.92. The van der Waals surface area contributed by atoms with Crippen LogP contribution < -0.4 is 5.32 Å². The van der Waals surface area contributed by atoms with Crippen LogP contribution in [0, 0.1) is 0 Å². The van der Waals surface area contributed by atoms with E-state index >= 15 is 0 Å². The van der Waals surface area contributed by atoms with Gasteiger partial charge in [-0.25, -0.2) is 4.79 Å². The van der Waals surface area contributed by atoms with Crippen molar-refractivity contribution in [2.75, 3.05) is 6.61 Å². The average Bonchev–Trinajstić information content (AvgIpc) is 3.35. The molecule has 1 aromatic heterocycles. The molecule has 3 heterocycles. The van der Waals surface area contributed by atoms with Crippen molar-refractivity contribution in [3.8, 4) is 0 Å². The fourth-order valence-corrected chi connectivity index (χ4v) is 5.72. The van der Waals surface area contributed by atoms with E-state index in [1.54, 1.807) is 23.2 Å². The number of carbonyl (C=O) groups excluding carboxylic acids is 2. The molecule has 0 radical (unpaired) electrons. The van der Waals surface area contributed by atoms with E-state index in [-0.39, 0.29) is 18.0 Å². The Balaban J connectivity index is 1.78. The summed E-state index contributed by atoms with van der Waals surface area (Å²) in [6.45, 7) is 8.24. The third-order valence-corrected chi connectivity index (χ3v) is 7.30. The van der Waals surface area contributed by atoms with Crippen LogP contribution in [0.25, 0.3) is 6.08 Å². The lowest BCUT2D eigenvalue weighted by molar-refractivity contribution is -0.140. The topological polar surface area (TPSA) is 58.6 Å². The summed E-state index contributed by atoms with van der Waals surface area (Å²) in [5, 5.41) is 7.35. The molecule has 0 unspecified atom stereocenters. The van der Waals surface area contributed by atoms with Crippen molar-refractivity contribution in [3.63, 3.8) is 0 Å². The number of allylic oxidation sites excluding steroid dienone is 1. The quantitative estimate of drug-likeness (QED) is 0.494. The van der Waals surface area contributed by atoms with Gasteiger partial charge in [0, 0.05) is 5.70 Å². The van der Waals surface area contributed by atoms with Gasteiger partial charge in [0.25, 0.3) is 5.91 Å². The van der Waals surface area contributed by atoms with Gasteiger partial charge in [0.2, 0.25) is 0 Å². The van der Waals surface area contributed by atoms with Gasteiger partial charge >= 0.3 is 5.97 Å². The maximum Gasteiger partial charge on any atom is 0.338 e. The van der Waals surface area contributed by atoms with Gasteiger partial charge in [0.1, 0.15) is 0 Å². The minimum absolute atomic E-state index is 0.0825. The molecule has 7 heteroatoms. The van der Waals surface area contributed by atoms with Crippen molar-refractivity contribution >= 4 is 41.1 Å². The zero-order valence-electron chi connectivity index (χ0n) is 18.0. The summed E-state index contributed by atoms with van der Waals surface area (Å²) >= 11 is 3.08. The maximum absolute atomic E-state index is 13.5. The number of benzene rings is 1. The van der Waals surface area contributed by atoms with Crippen LogP contribution in [0.5, 0.6) is 0 Å². The summed E-state index contributed by atoms with van der Waals surface area (Å²) in [6, 6.07) is 9.68. The first kappa shape index (κ1) is 21.7. The number of nitrogens with zero attached hydrogens (tertiary/aromatic N) is 1. The second-order valence-electron chi connectivity index (χ2n) is 7.88. The minimum atomic E-state index is -0.500. The fraction of sp³-hybridized carbons (Fsp3) is 0.333. The van der Waals surface area contributed by atoms with Gasteiger partial charge in [-0.05, 0) is 59.4 Å². The van der Waals surface area contributed by atoms with Gasteiger partial charge in [0.15, 0.2) is 5.50 Å². The Morgan fingerprint density at radius 1 is 1.26 bits per heavy atom. The SMILES string of the molecule is CCOC(=O)C1=C(C)N[C@H]2S/C(=C\c3ccsc3)C(=O)N2[C@@H]1c1ccc(C(C)C)cc1. The monoisotopic (exact) mass is 454 g/mol. The van der Waals surface area contributed by atoms with E-state index in [9.17, 15) is 9.59 Å². The zero-order chi connectivity index (χ0) is 22.1. The highest BCUT2D eigenvalue weighted by Gasteiger charge is 2.47. The molecule has 1 saturated heterocycles. The average molecular weight is 455 g/mol. The van der Waals surface area contributed by atoms with Gasteiger partial charge < -0.3 is 10.1 Å². The normalized spacial score (nSPS) is 22.2. The summed E-state index contributed by atoms with van der Waals surface area (Å²) in [5.74, 6) is -0.0707. The lowest BCUT2D eigenvalue weighted by Crippen LogP contribution is -2.49. The van der Waals surface area contributed by atoms with E-state index in [1.807, 2.05) is 42.0 Å². The molecule has 1 fully saturated rings. The number of carbonyl (C=O) groups is 2. The van der Waals surface area contributed by atoms with Crippen LogP contribution in [0.3, 0.4) is 0 Å². The number of esters is 1. The van der Waals surface area contributed by atoms with Gasteiger partial charge in [-0.1, -0.05) is 49.9 Å². The van der Waals surface area contributed by atoms with Crippen LogP contribution in [0.4, 0.5) is 0 Å². The molecular formula is C24H26N2O3S2. The van der Waals surface area contributed by atoms with Gasteiger partial charge in [0.05, 0.1) is 23.1 Å². The van der Waals surface area contributed by atoms with Crippen LogP contribution in [-0.4, -0.2) is 28.9 Å². The van der Waals surface area contributed by atoms with E-state index in [4.69, 9.17) is 4.74 Å². The lowest BCUT2D eigenvalue weighted by atomic mass is 9.91. The fourth-order valence-electron chi connectivity index (χ4n) is 3.89. The number of fused-ring (bicyclic) bond motifs is 1. The molecule has 2 atom stereocenters. The molecule has 1 amide bonds. The highest BCUT2D eigenvalue weighted by atomic mass is 32.2. The van der Waals surface area contributed by atoms with E-state index in [0.717, 1.165) is 16.8 Å². The van der Waals surface area contributed by atoms with Crippen LogP contribution in [-0.2, 0) is 14.3 Å². The first-order valence-corrected chi connectivity index (χ1v) is 12.2. The predicted molar refractivity (Wildman–Crippen MR) is 126 cm³/mol. The van der Waals surface area contributed by atoms with Crippen LogP contribution in [0.15, 0.2) is 57.3 Å². The third-order valence-electron chi connectivity index (χ3n) is 5.49. The highest BCUT2D eigenvalue weighted by molar-refractivity contribution is 8.05. The zero-order valence-corrected chi connectivity index (χ0v) is 19.7. The molecule has 2 aliphatic rings. The van der Waals surface area contributed by atoms with Crippen molar-refractivity contribution in [3.05, 3.63) is 74.0 Å². The molecule has 31 heavy (non-hydrogen) atoms. The van der Waals surface area contributed by atoms with Crippen LogP contribution >= 0.6 is 23.1 Å². The standard InChI is InChI=1S/C24H26N2O3S2/c1-5-29-23(28)20-15(4)25-24-26(21(20)18-8-6-17(7-9-18)14(2)3)22(27)19(31-24)12-16-10-11-30-13-16/h6-14,21,24-25H,5H2,1-4H3/b19-12-/t21-,24-/m1/s1. The van der Waals surface area contributed by atoms with E-state index < -0.39 is 12.0 Å². The van der Waals surface area contributed by atoms with Crippen LogP contribution in [0.2, 0.25) is 0 Å². The van der Waals surface area contributed by atoms with Crippen LogP contribution in [0.1, 0.15) is 56.3 Å². The number of rotatable bonds is 5. The number of thiophene rings is 1. The van der Waals surface area contributed by atoms with Crippen molar-refractivity contribution in [1.29, 1.82) is 0 Å². The Morgan fingerprint density at radius 2 is 2.00 bits per heavy atom. The van der Waals surface area contributed by atoms with Crippen molar-refractivity contribution in [2.45, 2.75) is 45.2 Å². The van der Waals surface area contributed by atoms with E-state index in [2.05, 4.69) is 31.3 Å². The molecule has 2 aliphatic heterocycles. The summed E-state index contributed by atoms with van der Waals surface area (Å²) < 4.78 is 5.37. The predicted octanol–water partition coefficient (Wildman–Crippen LogP) is 5.25. The largest absolute Gasteiger partial charge is 0.463 e. The number of nitrogens with one attached hydrogen (secondary N) is 1. The Kier molecular flexibility index (Phi) is 6.25. The second kappa shape index (κ2) is 8.93. The first-order chi connectivity index (χ1) is 14.9. The van der Waals surface area contributed by atoms with E-state index in [1.165, 1.54) is 17.3 Å². The summed E-state index contributed by atoms with van der Waals surface area (Å²) in [4.78, 5) is 28.8. The number of ether oxygens (including phenoxy) is 1. The molecule has 1 N–H and O–H groups in total. The Morgan fingerprint density at radius 3 is 2.61 bits per heavy atom. The molecule has 0 saturated carbocycles. The molecule has 0 spiro atoms. The lowest BCUT2D eigenvalue weighted by Gasteiger charge is -2.39. The van der Waals surface area contributed by atoms with E-state index in [0.29, 0.717) is 16.4 Å². The molecule has 5 nitrogen and oxygen atoms in total. The van der Waals surface area contributed by atoms with Crippen molar-refractivity contribution < 1.29 is 14.3 Å². The molecular weight excluding hydrogens is 428 g/mol. The van der Waals surface area contributed by atoms with Gasteiger partial charge in [-0.15, -0.1) is 0 Å². The maximum atomic E-state index is 13.5. The Hall–Kier alpha value is -2.51. The van der Waals surface area contributed by atoms with Gasteiger partial charge in [-0.3, -0.25) is 9.69 Å². The molecule has 2 aromatic rings. The highest BCUT2D eigenvalue weighted by Crippen LogP contribution is 2.46. The minimum Gasteiger partial charge on any atom is -0.463 e. The van der Waals surface area contributed by atoms with Gasteiger partial charge in [-0.2, -0.15) is 11.3 Å². The Bertz CT molecular complexity index is 1040. The number of hydrogen-bond acceptors (Lipinski definition) is 6. The second-order valence-corrected chi connectivity index (χ2v) is 9.78. The van der Waals surface area contributed by atoms with Crippen molar-refractivity contribution in [2.24, 2.45) is 0 Å². The molecule has 0 bridgehead atoms.